The normalized spacial score (nSPS) is 28.2. The second kappa shape index (κ2) is 6.02. The van der Waals surface area contributed by atoms with E-state index < -0.39 is 0 Å². The fourth-order valence-electron chi connectivity index (χ4n) is 4.31. The van der Waals surface area contributed by atoms with Crippen molar-refractivity contribution in [2.75, 3.05) is 6.61 Å². The summed E-state index contributed by atoms with van der Waals surface area (Å²) in [7, 11) is 0. The Bertz CT molecular complexity index is 740. The zero-order chi connectivity index (χ0) is 16.7. The second-order valence-corrected chi connectivity index (χ2v) is 6.88. The molecule has 4 rings (SSSR count). The zero-order valence-corrected chi connectivity index (χ0v) is 13.6. The lowest BCUT2D eigenvalue weighted by atomic mass is 9.85. The molecule has 0 radical (unpaired) electrons. The molecule has 1 amide bonds. The Kier molecular flexibility index (Phi) is 3.84. The van der Waals surface area contributed by atoms with Crippen LogP contribution in [0.15, 0.2) is 28.7 Å². The Balaban J connectivity index is 1.47. The van der Waals surface area contributed by atoms with Crippen LogP contribution in [-0.2, 0) is 0 Å². The van der Waals surface area contributed by atoms with Gasteiger partial charge in [-0.05, 0) is 55.4 Å². The summed E-state index contributed by atoms with van der Waals surface area (Å²) in [6, 6.07) is 7.26. The highest BCUT2D eigenvalue weighted by Crippen LogP contribution is 2.48. The van der Waals surface area contributed by atoms with E-state index in [1.165, 1.54) is 6.42 Å². The SMILES string of the molecule is Cc1nnc(-c2ccc(C(=O)NC3C4CCC(C4)C3CO)cc2)o1. The van der Waals surface area contributed by atoms with E-state index in [-0.39, 0.29) is 24.5 Å². The number of benzene rings is 1. The lowest BCUT2D eigenvalue weighted by Crippen LogP contribution is -2.45. The minimum atomic E-state index is -0.0840. The first-order valence-corrected chi connectivity index (χ1v) is 8.48. The van der Waals surface area contributed by atoms with Gasteiger partial charge in [-0.1, -0.05) is 0 Å². The summed E-state index contributed by atoms with van der Waals surface area (Å²) < 4.78 is 5.39. The van der Waals surface area contributed by atoms with Gasteiger partial charge >= 0.3 is 0 Å². The van der Waals surface area contributed by atoms with Crippen molar-refractivity contribution < 1.29 is 14.3 Å². The molecule has 6 heteroatoms. The van der Waals surface area contributed by atoms with E-state index in [4.69, 9.17) is 4.42 Å². The Morgan fingerprint density at radius 1 is 1.25 bits per heavy atom. The highest BCUT2D eigenvalue weighted by atomic mass is 16.4. The fourth-order valence-corrected chi connectivity index (χ4v) is 4.31. The van der Waals surface area contributed by atoms with Gasteiger partial charge in [-0.15, -0.1) is 10.2 Å². The van der Waals surface area contributed by atoms with Gasteiger partial charge in [0.2, 0.25) is 11.8 Å². The monoisotopic (exact) mass is 327 g/mol. The molecule has 24 heavy (non-hydrogen) atoms. The van der Waals surface area contributed by atoms with Crippen LogP contribution in [0, 0.1) is 24.7 Å². The molecule has 2 N–H and O–H groups in total. The van der Waals surface area contributed by atoms with E-state index in [9.17, 15) is 9.90 Å². The maximum Gasteiger partial charge on any atom is 0.251 e. The number of hydrogen-bond acceptors (Lipinski definition) is 5. The number of nitrogens with zero attached hydrogens (tertiary/aromatic N) is 2. The molecule has 4 unspecified atom stereocenters. The van der Waals surface area contributed by atoms with Crippen LogP contribution in [0.4, 0.5) is 0 Å². The molecule has 126 valence electrons. The molecule has 1 aromatic heterocycles. The molecule has 2 fully saturated rings. The Morgan fingerprint density at radius 2 is 2.00 bits per heavy atom. The number of hydrogen-bond donors (Lipinski definition) is 2. The number of aliphatic hydroxyl groups is 1. The van der Waals surface area contributed by atoms with Gasteiger partial charge in [-0.3, -0.25) is 4.79 Å². The van der Waals surface area contributed by atoms with Crippen molar-refractivity contribution in [3.63, 3.8) is 0 Å². The quantitative estimate of drug-likeness (QED) is 0.898. The molecule has 0 aliphatic heterocycles. The smallest absolute Gasteiger partial charge is 0.251 e. The number of amides is 1. The third kappa shape index (κ3) is 2.60. The number of carbonyl (C=O) groups is 1. The molecule has 6 nitrogen and oxygen atoms in total. The van der Waals surface area contributed by atoms with Gasteiger partial charge < -0.3 is 14.8 Å². The zero-order valence-electron chi connectivity index (χ0n) is 13.6. The molecule has 4 atom stereocenters. The summed E-state index contributed by atoms with van der Waals surface area (Å²) in [5.74, 6) is 2.16. The highest BCUT2D eigenvalue weighted by Gasteiger charge is 2.47. The first-order valence-electron chi connectivity index (χ1n) is 8.48. The predicted octanol–water partition coefficient (Wildman–Crippen LogP) is 2.18. The predicted molar refractivity (Wildman–Crippen MR) is 87.1 cm³/mol. The van der Waals surface area contributed by atoms with E-state index in [1.807, 2.05) is 12.1 Å². The van der Waals surface area contributed by atoms with Crippen molar-refractivity contribution >= 4 is 5.91 Å². The Labute approximate surface area is 140 Å². The van der Waals surface area contributed by atoms with Gasteiger partial charge in [0, 0.05) is 36.6 Å². The van der Waals surface area contributed by atoms with Crippen molar-refractivity contribution in [3.8, 4) is 11.5 Å². The molecule has 0 spiro atoms. The molecule has 2 saturated carbocycles. The van der Waals surface area contributed by atoms with Crippen molar-refractivity contribution in [3.05, 3.63) is 35.7 Å². The summed E-state index contributed by atoms with van der Waals surface area (Å²) in [5, 5.41) is 20.6. The summed E-state index contributed by atoms with van der Waals surface area (Å²) >= 11 is 0. The van der Waals surface area contributed by atoms with Gasteiger partial charge in [0.1, 0.15) is 0 Å². The molecule has 2 aliphatic carbocycles. The highest BCUT2D eigenvalue weighted by molar-refractivity contribution is 5.94. The largest absolute Gasteiger partial charge is 0.421 e. The maximum atomic E-state index is 12.5. The van der Waals surface area contributed by atoms with Gasteiger partial charge in [-0.2, -0.15) is 0 Å². The third-order valence-corrected chi connectivity index (χ3v) is 5.52. The third-order valence-electron chi connectivity index (χ3n) is 5.52. The number of aromatic nitrogens is 2. The maximum absolute atomic E-state index is 12.5. The average Bonchev–Trinajstić information content (AvgIpc) is 3.31. The van der Waals surface area contributed by atoms with Crippen LogP contribution in [0.3, 0.4) is 0 Å². The van der Waals surface area contributed by atoms with E-state index >= 15 is 0 Å². The first kappa shape index (κ1) is 15.3. The van der Waals surface area contributed by atoms with Crippen LogP contribution in [0.1, 0.15) is 35.5 Å². The number of aryl methyl sites for hydroxylation is 1. The van der Waals surface area contributed by atoms with Gasteiger partial charge in [0.15, 0.2) is 0 Å². The molecule has 2 bridgehead atoms. The van der Waals surface area contributed by atoms with Gasteiger partial charge in [0.05, 0.1) is 0 Å². The molecule has 1 aromatic carbocycles. The fraction of sp³-hybridized carbons (Fsp3) is 0.500. The molecule has 2 aromatic rings. The van der Waals surface area contributed by atoms with Crippen molar-refractivity contribution in [2.24, 2.45) is 17.8 Å². The number of fused-ring (bicyclic) bond motifs is 2. The topological polar surface area (TPSA) is 88.2 Å². The Morgan fingerprint density at radius 3 is 2.67 bits per heavy atom. The summed E-state index contributed by atoms with van der Waals surface area (Å²) in [4.78, 5) is 12.5. The minimum Gasteiger partial charge on any atom is -0.421 e. The average molecular weight is 327 g/mol. The Hall–Kier alpha value is -2.21. The molecular formula is C18H21N3O3. The first-order chi connectivity index (χ1) is 11.7. The minimum absolute atomic E-state index is 0.0840. The van der Waals surface area contributed by atoms with Crippen molar-refractivity contribution in [1.29, 1.82) is 0 Å². The summed E-state index contributed by atoms with van der Waals surface area (Å²) in [5.41, 5.74) is 1.40. The van der Waals surface area contributed by atoms with Crippen LogP contribution >= 0.6 is 0 Å². The van der Waals surface area contributed by atoms with Crippen molar-refractivity contribution in [2.45, 2.75) is 32.2 Å². The van der Waals surface area contributed by atoms with E-state index in [1.54, 1.807) is 19.1 Å². The summed E-state index contributed by atoms with van der Waals surface area (Å²) in [6.45, 7) is 1.90. The molecule has 1 heterocycles. The van der Waals surface area contributed by atoms with E-state index in [0.717, 1.165) is 18.4 Å². The number of nitrogens with one attached hydrogen (secondary N) is 1. The number of aliphatic hydroxyl groups excluding tert-OH is 1. The van der Waals surface area contributed by atoms with Crippen molar-refractivity contribution in [1.82, 2.24) is 15.5 Å². The van der Waals surface area contributed by atoms with E-state index in [0.29, 0.717) is 29.2 Å². The van der Waals surface area contributed by atoms with Crippen LogP contribution in [-0.4, -0.2) is 33.9 Å². The lowest BCUT2D eigenvalue weighted by Gasteiger charge is -2.30. The number of carbonyl (C=O) groups excluding carboxylic acids is 1. The second-order valence-electron chi connectivity index (χ2n) is 6.88. The molecular weight excluding hydrogens is 306 g/mol. The summed E-state index contributed by atoms with van der Waals surface area (Å²) in [6.07, 6.45) is 3.47. The van der Waals surface area contributed by atoms with Crippen LogP contribution < -0.4 is 5.32 Å². The molecule has 0 saturated heterocycles. The van der Waals surface area contributed by atoms with Crippen LogP contribution in [0.2, 0.25) is 0 Å². The van der Waals surface area contributed by atoms with Crippen LogP contribution in [0.25, 0.3) is 11.5 Å². The molecule has 2 aliphatic rings. The number of rotatable bonds is 4. The van der Waals surface area contributed by atoms with Gasteiger partial charge in [0.25, 0.3) is 5.91 Å². The van der Waals surface area contributed by atoms with Crippen LogP contribution in [0.5, 0.6) is 0 Å². The lowest BCUT2D eigenvalue weighted by molar-refractivity contribution is 0.0861. The standard InChI is InChI=1S/C18H21N3O3/c1-10-20-21-18(24-10)12-4-2-11(3-5-12)17(23)19-16-14-7-6-13(8-14)15(16)9-22/h2-5,13-16,22H,6-9H2,1H3,(H,19,23). The van der Waals surface area contributed by atoms with E-state index in [2.05, 4.69) is 15.5 Å². The van der Waals surface area contributed by atoms with Gasteiger partial charge in [-0.25, -0.2) is 0 Å².